The molecule has 0 aliphatic carbocycles. The van der Waals surface area contributed by atoms with Gasteiger partial charge in [0.05, 0.1) is 6.61 Å². The van der Waals surface area contributed by atoms with Crippen LogP contribution in [-0.4, -0.2) is 53.9 Å². The lowest BCUT2D eigenvalue weighted by Gasteiger charge is -2.21. The van der Waals surface area contributed by atoms with E-state index in [0.717, 1.165) is 0 Å². The molecule has 0 radical (unpaired) electrons. The largest absolute Gasteiger partial charge is 0.383 e. The molecule has 0 saturated heterocycles. The molecule has 1 amide bonds. The molecular formula is C10H18N4O2. The van der Waals surface area contributed by atoms with Crippen LogP contribution in [0.15, 0.2) is 12.3 Å². The van der Waals surface area contributed by atoms with Gasteiger partial charge in [0.25, 0.3) is 5.91 Å². The Balaban J connectivity index is 2.70. The van der Waals surface area contributed by atoms with Crippen LogP contribution in [0.5, 0.6) is 0 Å². The lowest BCUT2D eigenvalue weighted by Crippen LogP contribution is -2.38. The van der Waals surface area contributed by atoms with Gasteiger partial charge in [-0.2, -0.15) is 5.10 Å². The number of carbonyl (C=O) groups is 1. The zero-order chi connectivity index (χ0) is 12.0. The van der Waals surface area contributed by atoms with Gasteiger partial charge < -0.3 is 15.4 Å². The second-order valence-corrected chi connectivity index (χ2v) is 3.41. The number of rotatable bonds is 6. The number of nitrogens with two attached hydrogens (primary N) is 1. The van der Waals surface area contributed by atoms with Crippen LogP contribution in [0.25, 0.3) is 0 Å². The maximum absolute atomic E-state index is 12.1. The van der Waals surface area contributed by atoms with E-state index in [-0.39, 0.29) is 5.91 Å². The Morgan fingerprint density at radius 1 is 1.62 bits per heavy atom. The molecule has 0 aliphatic rings. The lowest BCUT2D eigenvalue weighted by molar-refractivity contribution is 0.0691. The van der Waals surface area contributed by atoms with Gasteiger partial charge in [0.1, 0.15) is 5.69 Å². The highest BCUT2D eigenvalue weighted by Gasteiger charge is 2.17. The molecule has 0 spiro atoms. The van der Waals surface area contributed by atoms with Crippen molar-refractivity contribution in [3.8, 4) is 0 Å². The molecule has 1 aromatic rings. The Bertz CT molecular complexity index is 337. The van der Waals surface area contributed by atoms with Crippen LogP contribution in [0.2, 0.25) is 0 Å². The highest BCUT2D eigenvalue weighted by molar-refractivity contribution is 5.92. The fourth-order valence-corrected chi connectivity index (χ4v) is 1.42. The van der Waals surface area contributed by atoms with E-state index in [0.29, 0.717) is 31.9 Å². The van der Waals surface area contributed by atoms with E-state index in [9.17, 15) is 4.79 Å². The van der Waals surface area contributed by atoms with E-state index >= 15 is 0 Å². The number of amides is 1. The van der Waals surface area contributed by atoms with Crippen molar-refractivity contribution in [3.63, 3.8) is 0 Å². The predicted molar refractivity (Wildman–Crippen MR) is 60.0 cm³/mol. The zero-order valence-electron chi connectivity index (χ0n) is 9.72. The van der Waals surface area contributed by atoms with Gasteiger partial charge in [-0.25, -0.2) is 0 Å². The van der Waals surface area contributed by atoms with Crippen LogP contribution in [0.1, 0.15) is 10.5 Å². The van der Waals surface area contributed by atoms with Crippen molar-refractivity contribution >= 4 is 5.91 Å². The Morgan fingerprint density at radius 3 is 2.88 bits per heavy atom. The van der Waals surface area contributed by atoms with Crippen molar-refractivity contribution in [2.75, 3.05) is 33.4 Å². The monoisotopic (exact) mass is 226 g/mol. The first-order chi connectivity index (χ1) is 7.70. The molecule has 6 nitrogen and oxygen atoms in total. The lowest BCUT2D eigenvalue weighted by atomic mass is 10.3. The maximum Gasteiger partial charge on any atom is 0.272 e. The molecular weight excluding hydrogens is 208 g/mol. The van der Waals surface area contributed by atoms with Crippen LogP contribution >= 0.6 is 0 Å². The summed E-state index contributed by atoms with van der Waals surface area (Å²) in [7, 11) is 3.35. The van der Waals surface area contributed by atoms with E-state index in [1.165, 1.54) is 0 Å². The van der Waals surface area contributed by atoms with E-state index < -0.39 is 0 Å². The van der Waals surface area contributed by atoms with Gasteiger partial charge in [0, 0.05) is 40.0 Å². The van der Waals surface area contributed by atoms with Crippen molar-refractivity contribution in [3.05, 3.63) is 18.0 Å². The highest BCUT2D eigenvalue weighted by Crippen LogP contribution is 2.02. The topological polar surface area (TPSA) is 73.4 Å². The number of carbonyl (C=O) groups excluding carboxylic acids is 1. The summed E-state index contributed by atoms with van der Waals surface area (Å²) >= 11 is 0. The second kappa shape index (κ2) is 6.24. The number of hydrogen-bond acceptors (Lipinski definition) is 4. The Hall–Kier alpha value is -1.40. The van der Waals surface area contributed by atoms with E-state index in [4.69, 9.17) is 10.5 Å². The first-order valence-corrected chi connectivity index (χ1v) is 5.17. The molecule has 6 heteroatoms. The number of aromatic nitrogens is 2. The van der Waals surface area contributed by atoms with Crippen molar-refractivity contribution < 1.29 is 9.53 Å². The van der Waals surface area contributed by atoms with Crippen molar-refractivity contribution in [2.45, 2.75) is 0 Å². The first kappa shape index (κ1) is 12.7. The summed E-state index contributed by atoms with van der Waals surface area (Å²) in [5, 5.41) is 3.97. The normalized spacial score (nSPS) is 10.4. The molecule has 1 heterocycles. The van der Waals surface area contributed by atoms with Crippen molar-refractivity contribution in [1.29, 1.82) is 0 Å². The summed E-state index contributed by atoms with van der Waals surface area (Å²) in [4.78, 5) is 13.7. The van der Waals surface area contributed by atoms with E-state index in [2.05, 4.69) is 5.10 Å². The number of aryl methyl sites for hydroxylation is 1. The molecule has 2 N–H and O–H groups in total. The third-order valence-corrected chi connectivity index (χ3v) is 2.29. The minimum absolute atomic E-state index is 0.0671. The van der Waals surface area contributed by atoms with Crippen LogP contribution in [0.4, 0.5) is 0 Å². The minimum Gasteiger partial charge on any atom is -0.383 e. The molecule has 0 bridgehead atoms. The molecule has 0 unspecified atom stereocenters. The van der Waals surface area contributed by atoms with Gasteiger partial charge in [0.2, 0.25) is 0 Å². The van der Waals surface area contributed by atoms with Gasteiger partial charge >= 0.3 is 0 Å². The molecule has 0 aromatic carbocycles. The second-order valence-electron chi connectivity index (χ2n) is 3.41. The smallest absolute Gasteiger partial charge is 0.272 e. The molecule has 0 atom stereocenters. The predicted octanol–water partition coefficient (Wildman–Crippen LogP) is -0.533. The summed E-state index contributed by atoms with van der Waals surface area (Å²) in [5.74, 6) is -0.0671. The van der Waals surface area contributed by atoms with E-state index in [1.807, 2.05) is 0 Å². The van der Waals surface area contributed by atoms with Crippen molar-refractivity contribution in [1.82, 2.24) is 14.7 Å². The first-order valence-electron chi connectivity index (χ1n) is 5.17. The van der Waals surface area contributed by atoms with Crippen LogP contribution in [0.3, 0.4) is 0 Å². The van der Waals surface area contributed by atoms with Crippen molar-refractivity contribution in [2.24, 2.45) is 12.8 Å². The average molecular weight is 226 g/mol. The molecule has 1 rings (SSSR count). The van der Waals surface area contributed by atoms with Crippen LogP contribution < -0.4 is 5.73 Å². The van der Waals surface area contributed by atoms with Gasteiger partial charge in [0.15, 0.2) is 0 Å². The highest BCUT2D eigenvalue weighted by atomic mass is 16.5. The van der Waals surface area contributed by atoms with Crippen LogP contribution in [0, 0.1) is 0 Å². The third-order valence-electron chi connectivity index (χ3n) is 2.29. The van der Waals surface area contributed by atoms with E-state index in [1.54, 1.807) is 36.0 Å². The van der Waals surface area contributed by atoms with Gasteiger partial charge in [-0.1, -0.05) is 0 Å². The molecule has 0 fully saturated rings. The fraction of sp³-hybridized carbons (Fsp3) is 0.600. The standard InChI is InChI=1S/C10H18N4O2/c1-13-9(3-5-12-13)10(15)14(6-4-11)7-8-16-2/h3,5H,4,6-8,11H2,1-2H3. The number of nitrogens with zero attached hydrogens (tertiary/aromatic N) is 3. The van der Waals surface area contributed by atoms with Gasteiger partial charge in [-0.15, -0.1) is 0 Å². The SMILES string of the molecule is COCCN(CCN)C(=O)c1ccnn1C. The molecule has 1 aromatic heterocycles. The number of methoxy groups -OCH3 is 1. The van der Waals surface area contributed by atoms with Gasteiger partial charge in [-0.05, 0) is 6.07 Å². The summed E-state index contributed by atoms with van der Waals surface area (Å²) in [6, 6.07) is 1.69. The Morgan fingerprint density at radius 2 is 2.38 bits per heavy atom. The average Bonchev–Trinajstić information content (AvgIpc) is 2.69. The molecule has 0 aliphatic heterocycles. The quantitative estimate of drug-likeness (QED) is 0.707. The summed E-state index contributed by atoms with van der Waals surface area (Å²) < 4.78 is 6.51. The number of hydrogen-bond donors (Lipinski definition) is 1. The minimum atomic E-state index is -0.0671. The zero-order valence-corrected chi connectivity index (χ0v) is 9.72. The maximum atomic E-state index is 12.1. The molecule has 16 heavy (non-hydrogen) atoms. The Kier molecular flexibility index (Phi) is 4.94. The summed E-state index contributed by atoms with van der Waals surface area (Å²) in [6.45, 7) is 2.00. The summed E-state index contributed by atoms with van der Waals surface area (Å²) in [5.41, 5.74) is 6.03. The fourth-order valence-electron chi connectivity index (χ4n) is 1.42. The number of ether oxygens (including phenoxy) is 1. The Labute approximate surface area is 95.0 Å². The third kappa shape index (κ3) is 3.04. The molecule has 90 valence electrons. The van der Waals surface area contributed by atoms with Crippen LogP contribution in [-0.2, 0) is 11.8 Å². The van der Waals surface area contributed by atoms with Gasteiger partial charge in [-0.3, -0.25) is 9.48 Å². The summed E-state index contributed by atoms with van der Waals surface area (Å²) in [6.07, 6.45) is 1.60. The molecule has 0 saturated carbocycles.